The molecule has 0 radical (unpaired) electrons. The van der Waals surface area contributed by atoms with E-state index < -0.39 is 0 Å². The monoisotopic (exact) mass is 315 g/mol. The molecule has 3 rings (SSSR count). The second-order valence-electron chi connectivity index (χ2n) is 6.53. The lowest BCUT2D eigenvalue weighted by Gasteiger charge is -2.35. The minimum atomic E-state index is 0.0549. The average molecular weight is 315 g/mol. The molecule has 6 heteroatoms. The third kappa shape index (κ3) is 4.00. The van der Waals surface area contributed by atoms with Gasteiger partial charge in [-0.3, -0.25) is 0 Å². The normalized spacial score (nSPS) is 21.8. The fraction of sp³-hybridized carbons (Fsp3) is 0.588. The minimum Gasteiger partial charge on any atom is -0.353 e. The van der Waals surface area contributed by atoms with Gasteiger partial charge in [-0.05, 0) is 45.2 Å². The lowest BCUT2D eigenvalue weighted by atomic mass is 10.1. The minimum absolute atomic E-state index is 0.0549. The highest BCUT2D eigenvalue weighted by Gasteiger charge is 2.25. The van der Waals surface area contributed by atoms with Gasteiger partial charge in [-0.1, -0.05) is 11.6 Å². The standard InChI is InChI=1S/C17H25N5O/c1-13-5-3-10-22(11-13)17(23)18-15-6-4-9-21(12-15)16-8-7-14(2)19-20-16/h5,7-8,15H,3-4,6,9-12H2,1-2H3,(H,18,23)/t15-/m0/s1. The Morgan fingerprint density at radius 2 is 2.13 bits per heavy atom. The first kappa shape index (κ1) is 15.8. The second-order valence-corrected chi connectivity index (χ2v) is 6.53. The third-order valence-corrected chi connectivity index (χ3v) is 4.48. The zero-order valence-electron chi connectivity index (χ0n) is 14.0. The van der Waals surface area contributed by atoms with Crippen molar-refractivity contribution in [2.45, 2.75) is 39.2 Å². The summed E-state index contributed by atoms with van der Waals surface area (Å²) >= 11 is 0. The van der Waals surface area contributed by atoms with Gasteiger partial charge in [0.1, 0.15) is 0 Å². The highest BCUT2D eigenvalue weighted by molar-refractivity contribution is 5.75. The molecule has 0 saturated carbocycles. The van der Waals surface area contributed by atoms with E-state index in [1.807, 2.05) is 24.0 Å². The summed E-state index contributed by atoms with van der Waals surface area (Å²) in [7, 11) is 0. The van der Waals surface area contributed by atoms with Gasteiger partial charge in [0.15, 0.2) is 5.82 Å². The number of piperidine rings is 1. The first-order valence-electron chi connectivity index (χ1n) is 8.38. The van der Waals surface area contributed by atoms with Gasteiger partial charge in [0, 0.05) is 32.2 Å². The van der Waals surface area contributed by atoms with Crippen molar-refractivity contribution in [2.75, 3.05) is 31.1 Å². The third-order valence-electron chi connectivity index (χ3n) is 4.48. The molecule has 0 unspecified atom stereocenters. The van der Waals surface area contributed by atoms with E-state index in [2.05, 4.69) is 33.4 Å². The fourth-order valence-electron chi connectivity index (χ4n) is 3.21. The number of hydrogen-bond acceptors (Lipinski definition) is 4. The molecule has 1 fully saturated rings. The molecule has 2 amide bonds. The van der Waals surface area contributed by atoms with Crippen LogP contribution < -0.4 is 10.2 Å². The Labute approximate surface area is 137 Å². The molecule has 124 valence electrons. The summed E-state index contributed by atoms with van der Waals surface area (Å²) in [5, 5.41) is 11.6. The van der Waals surface area contributed by atoms with Crippen LogP contribution in [0.5, 0.6) is 0 Å². The van der Waals surface area contributed by atoms with Crippen LogP contribution in [0.25, 0.3) is 0 Å². The maximum absolute atomic E-state index is 12.4. The van der Waals surface area contributed by atoms with Crippen LogP contribution in [0.1, 0.15) is 31.9 Å². The van der Waals surface area contributed by atoms with Crippen molar-refractivity contribution in [1.82, 2.24) is 20.4 Å². The predicted octanol–water partition coefficient (Wildman–Crippen LogP) is 2.12. The van der Waals surface area contributed by atoms with Crippen LogP contribution in [-0.2, 0) is 0 Å². The number of hydrogen-bond donors (Lipinski definition) is 1. The number of rotatable bonds is 2. The average Bonchev–Trinajstić information content (AvgIpc) is 2.56. The van der Waals surface area contributed by atoms with E-state index in [9.17, 15) is 4.79 Å². The number of aryl methyl sites for hydroxylation is 1. The van der Waals surface area contributed by atoms with Crippen LogP contribution in [-0.4, -0.2) is 53.3 Å². The number of aromatic nitrogens is 2. The van der Waals surface area contributed by atoms with Gasteiger partial charge in [0.2, 0.25) is 0 Å². The van der Waals surface area contributed by atoms with Crippen molar-refractivity contribution in [2.24, 2.45) is 0 Å². The number of nitrogens with one attached hydrogen (secondary N) is 1. The maximum Gasteiger partial charge on any atom is 0.317 e. The molecule has 3 heterocycles. The van der Waals surface area contributed by atoms with Crippen LogP contribution in [0.4, 0.5) is 10.6 Å². The lowest BCUT2D eigenvalue weighted by Crippen LogP contribution is -2.52. The largest absolute Gasteiger partial charge is 0.353 e. The summed E-state index contributed by atoms with van der Waals surface area (Å²) in [6.07, 6.45) is 5.24. The molecule has 0 aromatic carbocycles. The molecule has 1 aromatic heterocycles. The molecular formula is C17H25N5O. The topological polar surface area (TPSA) is 61.4 Å². The first-order chi connectivity index (χ1) is 11.1. The summed E-state index contributed by atoms with van der Waals surface area (Å²) in [4.78, 5) is 16.6. The van der Waals surface area contributed by atoms with Gasteiger partial charge in [-0.25, -0.2) is 4.79 Å². The van der Waals surface area contributed by atoms with Gasteiger partial charge >= 0.3 is 6.03 Å². The van der Waals surface area contributed by atoms with Crippen molar-refractivity contribution < 1.29 is 4.79 Å². The van der Waals surface area contributed by atoms with Gasteiger partial charge in [0.05, 0.1) is 5.69 Å². The Morgan fingerprint density at radius 3 is 2.87 bits per heavy atom. The van der Waals surface area contributed by atoms with Crippen molar-refractivity contribution in [3.05, 3.63) is 29.5 Å². The number of amides is 2. The first-order valence-corrected chi connectivity index (χ1v) is 8.38. The summed E-state index contributed by atoms with van der Waals surface area (Å²) in [5.74, 6) is 0.895. The molecular weight excluding hydrogens is 290 g/mol. The van der Waals surface area contributed by atoms with E-state index in [1.165, 1.54) is 5.57 Å². The summed E-state index contributed by atoms with van der Waals surface area (Å²) in [6.45, 7) is 7.33. The Bertz CT molecular complexity index is 583. The van der Waals surface area contributed by atoms with E-state index in [0.717, 1.165) is 57.0 Å². The van der Waals surface area contributed by atoms with Crippen molar-refractivity contribution in [1.29, 1.82) is 0 Å². The zero-order chi connectivity index (χ0) is 16.2. The highest BCUT2D eigenvalue weighted by Crippen LogP contribution is 2.18. The zero-order valence-corrected chi connectivity index (χ0v) is 14.0. The van der Waals surface area contributed by atoms with Crippen LogP contribution in [0.15, 0.2) is 23.8 Å². The number of carbonyl (C=O) groups is 1. The van der Waals surface area contributed by atoms with E-state index in [0.29, 0.717) is 0 Å². The Morgan fingerprint density at radius 1 is 1.26 bits per heavy atom. The van der Waals surface area contributed by atoms with E-state index in [1.54, 1.807) is 0 Å². The number of urea groups is 1. The van der Waals surface area contributed by atoms with Gasteiger partial charge in [0.25, 0.3) is 0 Å². The Kier molecular flexibility index (Phi) is 4.79. The fourth-order valence-corrected chi connectivity index (χ4v) is 3.21. The van der Waals surface area contributed by atoms with Crippen molar-refractivity contribution >= 4 is 11.8 Å². The molecule has 1 aromatic rings. The molecule has 0 bridgehead atoms. The molecule has 23 heavy (non-hydrogen) atoms. The van der Waals surface area contributed by atoms with E-state index in [-0.39, 0.29) is 12.1 Å². The van der Waals surface area contributed by atoms with E-state index in [4.69, 9.17) is 0 Å². The molecule has 6 nitrogen and oxygen atoms in total. The molecule has 0 aliphatic carbocycles. The summed E-state index contributed by atoms with van der Waals surface area (Å²) < 4.78 is 0. The van der Waals surface area contributed by atoms with Crippen LogP contribution in [0.2, 0.25) is 0 Å². The second kappa shape index (κ2) is 6.98. The predicted molar refractivity (Wildman–Crippen MR) is 90.5 cm³/mol. The van der Waals surface area contributed by atoms with Crippen LogP contribution in [0, 0.1) is 6.92 Å². The molecule has 2 aliphatic heterocycles. The maximum atomic E-state index is 12.4. The van der Waals surface area contributed by atoms with Gasteiger partial charge < -0.3 is 15.1 Å². The smallest absolute Gasteiger partial charge is 0.317 e. The summed E-state index contributed by atoms with van der Waals surface area (Å²) in [5.41, 5.74) is 2.19. The molecule has 0 spiro atoms. The van der Waals surface area contributed by atoms with Gasteiger partial charge in [-0.2, -0.15) is 5.10 Å². The highest BCUT2D eigenvalue weighted by atomic mass is 16.2. The Hall–Kier alpha value is -2.11. The Balaban J connectivity index is 1.57. The van der Waals surface area contributed by atoms with Crippen molar-refractivity contribution in [3.63, 3.8) is 0 Å². The van der Waals surface area contributed by atoms with E-state index >= 15 is 0 Å². The van der Waals surface area contributed by atoms with Crippen LogP contribution >= 0.6 is 0 Å². The molecule has 1 N–H and O–H groups in total. The lowest BCUT2D eigenvalue weighted by molar-refractivity contribution is 0.195. The quantitative estimate of drug-likeness (QED) is 0.849. The summed E-state index contributed by atoms with van der Waals surface area (Å²) in [6, 6.07) is 4.21. The van der Waals surface area contributed by atoms with Crippen LogP contribution in [0.3, 0.4) is 0 Å². The van der Waals surface area contributed by atoms with Crippen molar-refractivity contribution in [3.8, 4) is 0 Å². The SMILES string of the molecule is CC1=CCCN(C(=O)N[C@H]2CCCN(c3ccc(C)nn3)C2)C1. The molecule has 1 atom stereocenters. The van der Waals surface area contributed by atoms with Gasteiger partial charge in [-0.15, -0.1) is 5.10 Å². The molecule has 2 aliphatic rings. The number of carbonyl (C=O) groups excluding carboxylic acids is 1. The number of anilines is 1. The molecule has 1 saturated heterocycles. The number of nitrogens with zero attached hydrogens (tertiary/aromatic N) is 4.